The van der Waals surface area contributed by atoms with Crippen LogP contribution in [0.25, 0.3) is 0 Å². The highest BCUT2D eigenvalue weighted by Gasteiger charge is 2.13. The number of thiophene rings is 1. The number of aryl methyl sites for hydroxylation is 2. The lowest BCUT2D eigenvalue weighted by Crippen LogP contribution is -2.00. The number of halogens is 2. The van der Waals surface area contributed by atoms with Crippen molar-refractivity contribution in [2.45, 2.75) is 26.4 Å². The van der Waals surface area contributed by atoms with Crippen LogP contribution in [-0.4, -0.2) is 5.11 Å². The van der Waals surface area contributed by atoms with Crippen LogP contribution in [0, 0.1) is 25.5 Å². The van der Waals surface area contributed by atoms with E-state index in [9.17, 15) is 13.9 Å². The number of hydrogen-bond acceptors (Lipinski definition) is 2. The molecule has 0 aliphatic carbocycles. The molecule has 0 spiro atoms. The highest BCUT2D eigenvalue weighted by molar-refractivity contribution is 7.12. The van der Waals surface area contributed by atoms with Crippen molar-refractivity contribution < 1.29 is 13.9 Å². The Hall–Kier alpha value is -1.26. The van der Waals surface area contributed by atoms with E-state index in [2.05, 4.69) is 0 Å². The predicted molar refractivity (Wildman–Crippen MR) is 68.8 cm³/mol. The number of aliphatic hydroxyl groups excluding tert-OH is 1. The molecule has 0 saturated heterocycles. The molecule has 1 aromatic heterocycles. The lowest BCUT2D eigenvalue weighted by molar-refractivity contribution is 0.182. The summed E-state index contributed by atoms with van der Waals surface area (Å²) in [4.78, 5) is 1.98. The van der Waals surface area contributed by atoms with E-state index in [0.717, 1.165) is 21.4 Å². The van der Waals surface area contributed by atoms with Gasteiger partial charge in [0, 0.05) is 22.2 Å². The topological polar surface area (TPSA) is 20.2 Å². The van der Waals surface area contributed by atoms with Gasteiger partial charge in [0.05, 0.1) is 6.10 Å². The fourth-order valence-corrected chi connectivity index (χ4v) is 2.85. The molecular formula is C14H14F2OS. The summed E-state index contributed by atoms with van der Waals surface area (Å²) in [5.41, 5.74) is 1.59. The lowest BCUT2D eigenvalue weighted by atomic mass is 10.1. The molecule has 2 rings (SSSR count). The average molecular weight is 268 g/mol. The largest absolute Gasteiger partial charge is 0.387 e. The Balaban J connectivity index is 2.18. The van der Waals surface area contributed by atoms with Gasteiger partial charge in [0.2, 0.25) is 0 Å². The highest BCUT2D eigenvalue weighted by atomic mass is 32.1. The van der Waals surface area contributed by atoms with E-state index in [1.54, 1.807) is 0 Å². The summed E-state index contributed by atoms with van der Waals surface area (Å²) in [6.45, 7) is 3.96. The van der Waals surface area contributed by atoms with Crippen molar-refractivity contribution in [3.05, 3.63) is 56.8 Å². The van der Waals surface area contributed by atoms with E-state index in [4.69, 9.17) is 0 Å². The summed E-state index contributed by atoms with van der Waals surface area (Å²) in [7, 11) is 0. The quantitative estimate of drug-likeness (QED) is 0.894. The van der Waals surface area contributed by atoms with Crippen LogP contribution in [0.5, 0.6) is 0 Å². The summed E-state index contributed by atoms with van der Waals surface area (Å²) in [6.07, 6.45) is -0.503. The molecule has 4 heteroatoms. The number of rotatable bonds is 3. The maximum Gasteiger partial charge on any atom is 0.126 e. The maximum absolute atomic E-state index is 13.0. The van der Waals surface area contributed by atoms with Crippen LogP contribution in [-0.2, 0) is 6.42 Å². The molecule has 0 amide bonds. The molecule has 1 nitrogen and oxygen atoms in total. The van der Waals surface area contributed by atoms with Gasteiger partial charge in [0.1, 0.15) is 11.6 Å². The van der Waals surface area contributed by atoms with E-state index >= 15 is 0 Å². The van der Waals surface area contributed by atoms with Gasteiger partial charge in [-0.05, 0) is 43.2 Å². The van der Waals surface area contributed by atoms with Gasteiger partial charge in [-0.3, -0.25) is 0 Å². The Bertz CT molecular complexity index is 523. The summed E-state index contributed by atoms with van der Waals surface area (Å²) in [5.74, 6) is -1.23. The van der Waals surface area contributed by atoms with E-state index in [0.29, 0.717) is 5.56 Å². The summed E-state index contributed by atoms with van der Waals surface area (Å²) in [6, 6.07) is 5.24. The first-order valence-corrected chi connectivity index (χ1v) is 6.47. The van der Waals surface area contributed by atoms with E-state index in [-0.39, 0.29) is 6.42 Å². The van der Waals surface area contributed by atoms with Crippen LogP contribution in [0.3, 0.4) is 0 Å². The van der Waals surface area contributed by atoms with Crippen molar-refractivity contribution in [1.29, 1.82) is 0 Å². The van der Waals surface area contributed by atoms with Gasteiger partial charge in [-0.15, -0.1) is 11.3 Å². The van der Waals surface area contributed by atoms with Crippen molar-refractivity contribution >= 4 is 11.3 Å². The number of benzene rings is 1. The normalized spacial score (nSPS) is 12.7. The second kappa shape index (κ2) is 5.16. The second-order valence-electron chi connectivity index (χ2n) is 4.39. The molecule has 1 N–H and O–H groups in total. The fraction of sp³-hybridized carbons (Fsp3) is 0.286. The highest BCUT2D eigenvalue weighted by Crippen LogP contribution is 2.28. The molecule has 1 heterocycles. The van der Waals surface area contributed by atoms with Crippen LogP contribution in [0.1, 0.15) is 27.0 Å². The molecule has 0 aliphatic heterocycles. The first-order valence-electron chi connectivity index (χ1n) is 5.65. The van der Waals surface area contributed by atoms with E-state index in [1.165, 1.54) is 23.5 Å². The zero-order chi connectivity index (χ0) is 13.3. The van der Waals surface area contributed by atoms with Crippen molar-refractivity contribution in [1.82, 2.24) is 0 Å². The average Bonchev–Trinajstić information content (AvgIpc) is 2.57. The fourth-order valence-electron chi connectivity index (χ4n) is 1.82. The maximum atomic E-state index is 13.0. The van der Waals surface area contributed by atoms with Crippen LogP contribution < -0.4 is 0 Å². The van der Waals surface area contributed by atoms with Crippen molar-refractivity contribution in [3.8, 4) is 0 Å². The molecule has 1 atom stereocenters. The van der Waals surface area contributed by atoms with Crippen LogP contribution in [0.15, 0.2) is 24.3 Å². The Labute approximate surface area is 109 Å². The van der Waals surface area contributed by atoms with Crippen molar-refractivity contribution in [3.63, 3.8) is 0 Å². The third-order valence-corrected chi connectivity index (χ3v) is 4.12. The zero-order valence-corrected chi connectivity index (χ0v) is 11.0. The Morgan fingerprint density at radius 3 is 2.22 bits per heavy atom. The van der Waals surface area contributed by atoms with Gasteiger partial charge in [-0.25, -0.2) is 8.78 Å². The summed E-state index contributed by atoms with van der Waals surface area (Å²) < 4.78 is 26.1. The minimum absolute atomic E-state index is 0.216. The van der Waals surface area contributed by atoms with Gasteiger partial charge in [-0.1, -0.05) is 0 Å². The minimum Gasteiger partial charge on any atom is -0.387 e. The van der Waals surface area contributed by atoms with E-state index in [1.807, 2.05) is 19.9 Å². The van der Waals surface area contributed by atoms with Crippen molar-refractivity contribution in [2.75, 3.05) is 0 Å². The molecule has 0 fully saturated rings. The zero-order valence-electron chi connectivity index (χ0n) is 10.2. The standard InChI is InChI=1S/C14H14F2OS/c1-8-3-14(18-9(8)2)13(17)6-10-4-11(15)7-12(16)5-10/h3-5,7,13,17H,6H2,1-2H3. The number of aliphatic hydroxyl groups is 1. The Morgan fingerprint density at radius 1 is 1.11 bits per heavy atom. The molecule has 0 aliphatic rings. The van der Waals surface area contributed by atoms with Gasteiger partial charge >= 0.3 is 0 Å². The molecule has 0 bridgehead atoms. The lowest BCUT2D eigenvalue weighted by Gasteiger charge is -2.08. The van der Waals surface area contributed by atoms with Crippen LogP contribution in [0.2, 0.25) is 0 Å². The predicted octanol–water partition coefficient (Wildman–Crippen LogP) is 3.92. The van der Waals surface area contributed by atoms with Gasteiger partial charge in [0.15, 0.2) is 0 Å². The smallest absolute Gasteiger partial charge is 0.126 e. The first-order chi connectivity index (χ1) is 8.45. The summed E-state index contributed by atoms with van der Waals surface area (Å²) >= 11 is 1.51. The SMILES string of the molecule is Cc1cc(C(O)Cc2cc(F)cc(F)c2)sc1C. The molecule has 1 aromatic carbocycles. The van der Waals surface area contributed by atoms with E-state index < -0.39 is 17.7 Å². The Morgan fingerprint density at radius 2 is 1.72 bits per heavy atom. The van der Waals surface area contributed by atoms with Gasteiger partial charge in [-0.2, -0.15) is 0 Å². The monoisotopic (exact) mass is 268 g/mol. The Kier molecular flexibility index (Phi) is 3.78. The third-order valence-electron chi connectivity index (χ3n) is 2.86. The van der Waals surface area contributed by atoms with Gasteiger partial charge < -0.3 is 5.11 Å². The first kappa shape index (κ1) is 13.2. The second-order valence-corrected chi connectivity index (χ2v) is 5.67. The van der Waals surface area contributed by atoms with Gasteiger partial charge in [0.25, 0.3) is 0 Å². The minimum atomic E-state index is -0.719. The molecule has 18 heavy (non-hydrogen) atoms. The molecule has 96 valence electrons. The molecule has 0 saturated carbocycles. The third kappa shape index (κ3) is 2.94. The van der Waals surface area contributed by atoms with Crippen LogP contribution in [0.4, 0.5) is 8.78 Å². The molecule has 1 unspecified atom stereocenters. The molecule has 0 radical (unpaired) electrons. The number of hydrogen-bond donors (Lipinski definition) is 1. The molecule has 2 aromatic rings. The van der Waals surface area contributed by atoms with Crippen molar-refractivity contribution in [2.24, 2.45) is 0 Å². The van der Waals surface area contributed by atoms with Crippen LogP contribution >= 0.6 is 11.3 Å². The molecular weight excluding hydrogens is 254 g/mol. The summed E-state index contributed by atoms with van der Waals surface area (Å²) in [5, 5.41) is 10.1.